The number of hydrogen-bond acceptors (Lipinski definition) is 5. The van der Waals surface area contributed by atoms with Gasteiger partial charge in [-0.15, -0.1) is 0 Å². The number of halogens is 1. The number of rotatable bonds is 8. The summed E-state index contributed by atoms with van der Waals surface area (Å²) in [5, 5.41) is 7.11. The number of benzene rings is 2. The van der Waals surface area contributed by atoms with E-state index in [9.17, 15) is 4.79 Å². The van der Waals surface area contributed by atoms with Crippen LogP contribution in [0.2, 0.25) is 5.02 Å². The summed E-state index contributed by atoms with van der Waals surface area (Å²) in [4.78, 5) is 14.7. The molecule has 1 amide bonds. The fourth-order valence-electron chi connectivity index (χ4n) is 4.16. The predicted molar refractivity (Wildman–Crippen MR) is 119 cm³/mol. The minimum Gasteiger partial charge on any atom is -0.496 e. The van der Waals surface area contributed by atoms with Crippen molar-refractivity contribution in [3.8, 4) is 11.5 Å². The Morgan fingerprint density at radius 1 is 1.23 bits per heavy atom. The molecule has 3 rings (SSSR count). The van der Waals surface area contributed by atoms with Crippen molar-refractivity contribution < 1.29 is 14.3 Å². The van der Waals surface area contributed by atoms with Crippen LogP contribution in [0.4, 0.5) is 0 Å². The number of nitrogens with one attached hydrogen (secondary N) is 2. The summed E-state index contributed by atoms with van der Waals surface area (Å²) in [6.45, 7) is 4.11. The lowest BCUT2D eigenvalue weighted by Gasteiger charge is -2.23. The van der Waals surface area contributed by atoms with E-state index in [0.29, 0.717) is 18.1 Å². The molecule has 0 bridgehead atoms. The number of ether oxygens (including phenoxy) is 2. The number of methoxy groups -OCH3 is 2. The molecule has 2 aromatic rings. The minimum atomic E-state index is -0.175. The van der Waals surface area contributed by atoms with Crippen molar-refractivity contribution in [3.63, 3.8) is 0 Å². The molecule has 1 saturated heterocycles. The number of hydrogen-bond donors (Lipinski definition) is 2. The van der Waals surface area contributed by atoms with Crippen LogP contribution in [0.25, 0.3) is 0 Å². The highest BCUT2D eigenvalue weighted by molar-refractivity contribution is 6.30. The van der Waals surface area contributed by atoms with E-state index in [1.165, 1.54) is 0 Å². The second-order valence-corrected chi connectivity index (χ2v) is 8.02. The van der Waals surface area contributed by atoms with Crippen LogP contribution in [-0.4, -0.2) is 50.7 Å². The zero-order chi connectivity index (χ0) is 21.7. The van der Waals surface area contributed by atoms with Gasteiger partial charge in [-0.05, 0) is 37.1 Å². The van der Waals surface area contributed by atoms with Gasteiger partial charge in [-0.1, -0.05) is 29.8 Å². The van der Waals surface area contributed by atoms with Crippen molar-refractivity contribution in [1.29, 1.82) is 0 Å². The number of carbonyl (C=O) groups excluding carboxylic acids is 1. The Morgan fingerprint density at radius 3 is 2.70 bits per heavy atom. The lowest BCUT2D eigenvalue weighted by Crippen LogP contribution is -2.41. The Hall–Kier alpha value is -2.28. The van der Waals surface area contributed by atoms with Gasteiger partial charge in [0, 0.05) is 48.9 Å². The molecule has 1 heterocycles. The van der Waals surface area contributed by atoms with Crippen LogP contribution in [0.5, 0.6) is 11.5 Å². The van der Waals surface area contributed by atoms with Crippen LogP contribution in [0.3, 0.4) is 0 Å². The largest absolute Gasteiger partial charge is 0.496 e. The summed E-state index contributed by atoms with van der Waals surface area (Å²) in [5.41, 5.74) is 3.15. The van der Waals surface area contributed by atoms with E-state index in [-0.39, 0.29) is 18.0 Å². The Bertz CT molecular complexity index is 890. The molecule has 162 valence electrons. The highest BCUT2D eigenvalue weighted by atomic mass is 35.5. The van der Waals surface area contributed by atoms with Gasteiger partial charge in [0.15, 0.2) is 0 Å². The average molecular weight is 432 g/mol. The smallest absolute Gasteiger partial charge is 0.237 e. The van der Waals surface area contributed by atoms with Gasteiger partial charge in [0.25, 0.3) is 0 Å². The van der Waals surface area contributed by atoms with Gasteiger partial charge < -0.3 is 20.1 Å². The normalized spacial score (nSPS) is 19.0. The first-order valence-electron chi connectivity index (χ1n) is 10.1. The summed E-state index contributed by atoms with van der Waals surface area (Å²) in [5.74, 6) is 1.68. The van der Waals surface area contributed by atoms with Crippen LogP contribution >= 0.6 is 11.6 Å². The Labute approximate surface area is 183 Å². The topological polar surface area (TPSA) is 62.8 Å². The van der Waals surface area contributed by atoms with Crippen molar-refractivity contribution in [2.75, 3.05) is 27.8 Å². The van der Waals surface area contributed by atoms with E-state index in [1.54, 1.807) is 21.3 Å². The van der Waals surface area contributed by atoms with Crippen LogP contribution < -0.4 is 20.1 Å². The van der Waals surface area contributed by atoms with Crippen molar-refractivity contribution >= 4 is 17.5 Å². The summed E-state index contributed by atoms with van der Waals surface area (Å²) in [6, 6.07) is 11.8. The van der Waals surface area contributed by atoms with E-state index in [2.05, 4.69) is 15.5 Å². The summed E-state index contributed by atoms with van der Waals surface area (Å²) < 4.78 is 11.0. The first kappa shape index (κ1) is 22.4. The minimum absolute atomic E-state index is 0.0409. The molecule has 1 aliphatic rings. The third-order valence-corrected chi connectivity index (χ3v) is 5.91. The quantitative estimate of drug-likeness (QED) is 0.672. The molecule has 0 aliphatic carbocycles. The first-order chi connectivity index (χ1) is 14.5. The monoisotopic (exact) mass is 431 g/mol. The zero-order valence-corrected chi connectivity index (χ0v) is 18.8. The predicted octanol–water partition coefficient (Wildman–Crippen LogP) is 3.14. The van der Waals surface area contributed by atoms with Gasteiger partial charge in [-0.25, -0.2) is 0 Å². The second-order valence-electron chi connectivity index (χ2n) is 7.59. The third kappa shape index (κ3) is 5.06. The lowest BCUT2D eigenvalue weighted by atomic mass is 10.1. The molecule has 0 unspecified atom stereocenters. The summed E-state index contributed by atoms with van der Waals surface area (Å²) >= 11 is 6.13. The maximum Gasteiger partial charge on any atom is 0.237 e. The van der Waals surface area contributed by atoms with Gasteiger partial charge in [0.2, 0.25) is 5.91 Å². The van der Waals surface area contributed by atoms with Crippen molar-refractivity contribution in [1.82, 2.24) is 15.5 Å². The Morgan fingerprint density at radius 2 is 2.03 bits per heavy atom. The van der Waals surface area contributed by atoms with Crippen LogP contribution in [0.1, 0.15) is 23.1 Å². The van der Waals surface area contributed by atoms with Gasteiger partial charge in [0.05, 0.1) is 20.3 Å². The Kier molecular flexibility index (Phi) is 7.58. The second kappa shape index (κ2) is 10.2. The SMILES string of the molecule is CNC(=O)[C@@H]1C[C@@H](NCc2ccc(OC)c(C)c2OC)CN1Cc1cccc(Cl)c1. The molecule has 2 aromatic carbocycles. The van der Waals surface area contributed by atoms with Gasteiger partial charge >= 0.3 is 0 Å². The molecule has 2 atom stereocenters. The van der Waals surface area contributed by atoms with Gasteiger partial charge in [-0.3, -0.25) is 9.69 Å². The highest BCUT2D eigenvalue weighted by Crippen LogP contribution is 2.31. The average Bonchev–Trinajstić information content (AvgIpc) is 3.14. The fraction of sp³-hybridized carbons (Fsp3) is 0.435. The molecule has 0 aromatic heterocycles. The van der Waals surface area contributed by atoms with Gasteiger partial charge in [0.1, 0.15) is 11.5 Å². The third-order valence-electron chi connectivity index (χ3n) is 5.67. The maximum atomic E-state index is 12.5. The van der Waals surface area contributed by atoms with E-state index in [0.717, 1.165) is 41.2 Å². The number of carbonyl (C=O) groups is 1. The van der Waals surface area contributed by atoms with Gasteiger partial charge in [-0.2, -0.15) is 0 Å². The highest BCUT2D eigenvalue weighted by Gasteiger charge is 2.36. The molecule has 0 spiro atoms. The molecule has 1 aliphatic heterocycles. The molecule has 0 saturated carbocycles. The molecule has 1 fully saturated rings. The number of likely N-dealkylation sites (N-methyl/N-ethyl adjacent to an activating group) is 1. The van der Waals surface area contributed by atoms with E-state index in [1.807, 2.05) is 43.3 Å². The van der Waals surface area contributed by atoms with E-state index >= 15 is 0 Å². The zero-order valence-electron chi connectivity index (χ0n) is 18.0. The number of amides is 1. The van der Waals surface area contributed by atoms with Crippen molar-refractivity contribution in [2.24, 2.45) is 0 Å². The standard InChI is InChI=1S/C23H30ClN3O3/c1-15-21(29-3)9-8-17(22(15)30-4)12-26-19-11-20(23(28)25-2)27(14-19)13-16-6-5-7-18(24)10-16/h5-10,19-20,26H,11-14H2,1-4H3,(H,25,28)/t19-,20+/m1/s1. The van der Waals surface area contributed by atoms with Crippen LogP contribution in [0.15, 0.2) is 36.4 Å². The lowest BCUT2D eigenvalue weighted by molar-refractivity contribution is -0.125. The summed E-state index contributed by atoms with van der Waals surface area (Å²) in [6.07, 6.45) is 0.748. The first-order valence-corrected chi connectivity index (χ1v) is 10.5. The molecular formula is C23H30ClN3O3. The molecule has 0 radical (unpaired) electrons. The van der Waals surface area contributed by atoms with Crippen molar-refractivity contribution in [2.45, 2.75) is 38.5 Å². The molecule has 7 heteroatoms. The number of likely N-dealkylation sites (tertiary alicyclic amines) is 1. The Balaban J connectivity index is 1.70. The number of nitrogens with zero attached hydrogens (tertiary/aromatic N) is 1. The van der Waals surface area contributed by atoms with Crippen LogP contribution in [-0.2, 0) is 17.9 Å². The molecule has 2 N–H and O–H groups in total. The molecular weight excluding hydrogens is 402 g/mol. The summed E-state index contributed by atoms with van der Waals surface area (Å²) in [7, 11) is 5.02. The fourth-order valence-corrected chi connectivity index (χ4v) is 4.38. The molecule has 30 heavy (non-hydrogen) atoms. The maximum absolute atomic E-state index is 12.5. The molecule has 6 nitrogen and oxygen atoms in total. The van der Waals surface area contributed by atoms with E-state index in [4.69, 9.17) is 21.1 Å². The van der Waals surface area contributed by atoms with Crippen LogP contribution in [0, 0.1) is 6.92 Å². The van der Waals surface area contributed by atoms with E-state index < -0.39 is 0 Å². The van der Waals surface area contributed by atoms with Crippen molar-refractivity contribution in [3.05, 3.63) is 58.1 Å².